The smallest absolute Gasteiger partial charge is 0.238 e. The zero-order chi connectivity index (χ0) is 29.2. The predicted molar refractivity (Wildman–Crippen MR) is 169 cm³/mol. The van der Waals surface area contributed by atoms with E-state index in [1.807, 2.05) is 78.2 Å². The number of hydrogen-bond donors (Lipinski definition) is 1. The molecule has 0 aliphatic carbocycles. The summed E-state index contributed by atoms with van der Waals surface area (Å²) in [6, 6.07) is 23.8. The third-order valence-electron chi connectivity index (χ3n) is 9.22. The highest BCUT2D eigenvalue weighted by molar-refractivity contribution is 7.12. The van der Waals surface area contributed by atoms with Gasteiger partial charge < -0.3 is 10.2 Å². The van der Waals surface area contributed by atoms with Gasteiger partial charge in [-0.05, 0) is 66.6 Å². The molecule has 7 rings (SSSR count). The van der Waals surface area contributed by atoms with Crippen molar-refractivity contribution in [3.05, 3.63) is 123 Å². The number of Topliss-reactive ketones (excluding diaryl/α,β-unsaturated/α-hetero) is 2. The largest absolute Gasteiger partial charge is 0.352 e. The Hall–Kier alpha value is -4.29. The number of carbonyl (C=O) groups excluding carboxylic acids is 3. The minimum Gasteiger partial charge on any atom is -0.352 e. The first-order valence-corrected chi connectivity index (χ1v) is 15.4. The number of thiophene rings is 1. The van der Waals surface area contributed by atoms with E-state index < -0.39 is 23.4 Å². The standard InChI is InChI=1S/C36H32N2O3S/c1-4-8-23-13-15-24(16-14-23)33(39)31-32(34(40)29-11-7-18-42-29)38-28-17-12-21(2)19-25(28)22(3)20-30(38)36(31)26-9-5-6-10-27(26)37-35(36)41/h5-7,9-20,30-32H,4,8H2,1-3H3,(H,37,41)/t30-,31+,32+,36+/m1/s1. The number of fused-ring (bicyclic) bond motifs is 6. The normalized spacial score (nSPS) is 23.7. The van der Waals surface area contributed by atoms with Gasteiger partial charge in [0, 0.05) is 22.5 Å². The summed E-state index contributed by atoms with van der Waals surface area (Å²) < 4.78 is 0. The molecule has 0 saturated carbocycles. The maximum atomic E-state index is 14.9. The Labute approximate surface area is 249 Å². The van der Waals surface area contributed by atoms with Gasteiger partial charge >= 0.3 is 0 Å². The molecular formula is C36H32N2O3S. The van der Waals surface area contributed by atoms with E-state index in [9.17, 15) is 14.4 Å². The Morgan fingerprint density at radius 3 is 2.48 bits per heavy atom. The highest BCUT2D eigenvalue weighted by Crippen LogP contribution is 2.59. The van der Waals surface area contributed by atoms with Gasteiger partial charge in [0.1, 0.15) is 11.5 Å². The molecule has 42 heavy (non-hydrogen) atoms. The van der Waals surface area contributed by atoms with Gasteiger partial charge in [0.15, 0.2) is 11.6 Å². The number of benzene rings is 3. The topological polar surface area (TPSA) is 66.5 Å². The molecule has 1 fully saturated rings. The van der Waals surface area contributed by atoms with Gasteiger partial charge in [-0.3, -0.25) is 14.4 Å². The molecule has 6 heteroatoms. The zero-order valence-electron chi connectivity index (χ0n) is 23.9. The molecule has 0 unspecified atom stereocenters. The average Bonchev–Trinajstić information content (AvgIpc) is 3.70. The third-order valence-corrected chi connectivity index (χ3v) is 10.1. The van der Waals surface area contributed by atoms with Gasteiger partial charge in [-0.2, -0.15) is 0 Å². The van der Waals surface area contributed by atoms with Gasteiger partial charge in [0.05, 0.1) is 16.8 Å². The predicted octanol–water partition coefficient (Wildman–Crippen LogP) is 7.26. The van der Waals surface area contributed by atoms with Crippen molar-refractivity contribution in [1.82, 2.24) is 0 Å². The average molecular weight is 573 g/mol. The third kappa shape index (κ3) is 3.71. The first kappa shape index (κ1) is 26.6. The minimum atomic E-state index is -1.29. The van der Waals surface area contributed by atoms with Crippen LogP contribution in [0.1, 0.15) is 62.6 Å². The highest BCUT2D eigenvalue weighted by atomic mass is 32.1. The van der Waals surface area contributed by atoms with Crippen molar-refractivity contribution in [1.29, 1.82) is 0 Å². The molecule has 4 aromatic rings. The first-order chi connectivity index (χ1) is 20.4. The quantitative estimate of drug-likeness (QED) is 0.247. The molecule has 4 atom stereocenters. The van der Waals surface area contributed by atoms with Crippen LogP contribution >= 0.6 is 11.3 Å². The lowest BCUT2D eigenvalue weighted by Gasteiger charge is -2.39. The summed E-state index contributed by atoms with van der Waals surface area (Å²) in [5.74, 6) is -1.51. The van der Waals surface area contributed by atoms with Crippen molar-refractivity contribution in [2.24, 2.45) is 5.92 Å². The van der Waals surface area contributed by atoms with Crippen molar-refractivity contribution in [2.75, 3.05) is 10.2 Å². The molecule has 3 aliphatic heterocycles. The molecule has 3 aromatic carbocycles. The number of rotatable bonds is 6. The van der Waals surface area contributed by atoms with Crippen LogP contribution in [0.25, 0.3) is 5.57 Å². The fourth-order valence-corrected chi connectivity index (χ4v) is 8.11. The number of allylic oxidation sites excluding steroid dienone is 1. The summed E-state index contributed by atoms with van der Waals surface area (Å²) in [4.78, 5) is 46.7. The number of nitrogens with one attached hydrogen (secondary N) is 1. The van der Waals surface area contributed by atoms with Gasteiger partial charge in [0.2, 0.25) is 5.91 Å². The van der Waals surface area contributed by atoms with Crippen molar-refractivity contribution in [3.8, 4) is 0 Å². The van der Waals surface area contributed by atoms with Crippen LogP contribution in [0.5, 0.6) is 0 Å². The van der Waals surface area contributed by atoms with Crippen LogP contribution in [0.2, 0.25) is 0 Å². The van der Waals surface area contributed by atoms with E-state index in [-0.39, 0.29) is 17.5 Å². The molecule has 4 heterocycles. The summed E-state index contributed by atoms with van der Waals surface area (Å²) in [6.07, 6.45) is 4.04. The molecule has 1 spiro atoms. The molecule has 0 bridgehead atoms. The van der Waals surface area contributed by atoms with Gasteiger partial charge in [-0.15, -0.1) is 11.3 Å². The fraction of sp³-hybridized carbons (Fsp3) is 0.250. The van der Waals surface area contributed by atoms with Crippen LogP contribution in [-0.4, -0.2) is 29.6 Å². The van der Waals surface area contributed by atoms with Crippen molar-refractivity contribution < 1.29 is 14.4 Å². The molecule has 0 radical (unpaired) electrons. The van der Waals surface area contributed by atoms with Crippen molar-refractivity contribution in [2.45, 2.75) is 51.1 Å². The van der Waals surface area contributed by atoms with E-state index in [0.717, 1.165) is 46.4 Å². The number of amides is 1. The number of para-hydroxylation sites is 1. The van der Waals surface area contributed by atoms with Crippen molar-refractivity contribution >= 4 is 45.8 Å². The maximum absolute atomic E-state index is 14.9. The fourth-order valence-electron chi connectivity index (χ4n) is 7.41. The number of ketones is 2. The van der Waals surface area contributed by atoms with E-state index >= 15 is 0 Å². The van der Waals surface area contributed by atoms with Crippen LogP contribution < -0.4 is 10.2 Å². The molecule has 1 saturated heterocycles. The number of carbonyl (C=O) groups is 3. The summed E-state index contributed by atoms with van der Waals surface area (Å²) in [5.41, 5.74) is 5.90. The lowest BCUT2D eigenvalue weighted by Crippen LogP contribution is -2.51. The molecule has 3 aliphatic rings. The summed E-state index contributed by atoms with van der Waals surface area (Å²) >= 11 is 1.37. The van der Waals surface area contributed by atoms with E-state index in [1.54, 1.807) is 0 Å². The molecule has 5 nitrogen and oxygen atoms in total. The lowest BCUT2D eigenvalue weighted by atomic mass is 9.64. The second-order valence-corrected chi connectivity index (χ2v) is 12.6. The van der Waals surface area contributed by atoms with E-state index in [0.29, 0.717) is 16.1 Å². The van der Waals surface area contributed by atoms with E-state index in [2.05, 4.69) is 43.1 Å². The Morgan fingerprint density at radius 2 is 1.74 bits per heavy atom. The molecule has 1 aromatic heterocycles. The lowest BCUT2D eigenvalue weighted by molar-refractivity contribution is -0.121. The summed E-state index contributed by atoms with van der Waals surface area (Å²) in [7, 11) is 0. The number of aryl methyl sites for hydroxylation is 2. The molecule has 210 valence electrons. The highest BCUT2D eigenvalue weighted by Gasteiger charge is 2.70. The van der Waals surface area contributed by atoms with Crippen LogP contribution in [0, 0.1) is 12.8 Å². The van der Waals surface area contributed by atoms with Gasteiger partial charge in [0.25, 0.3) is 0 Å². The molecule has 1 N–H and O–H groups in total. The summed E-state index contributed by atoms with van der Waals surface area (Å²) in [6.45, 7) is 6.23. The molecule has 1 amide bonds. The van der Waals surface area contributed by atoms with Crippen molar-refractivity contribution in [3.63, 3.8) is 0 Å². The van der Waals surface area contributed by atoms with Crippen LogP contribution in [0.4, 0.5) is 11.4 Å². The SMILES string of the molecule is CCCc1ccc(C(=O)[C@@H]2[C@@H](C(=O)c3cccs3)N3c4ccc(C)cc4C(C)=C[C@@H]3[C@]23C(=O)Nc2ccccc23)cc1. The van der Waals surface area contributed by atoms with Gasteiger partial charge in [-0.1, -0.05) is 79.6 Å². The number of nitrogens with zero attached hydrogens (tertiary/aromatic N) is 1. The second-order valence-electron chi connectivity index (χ2n) is 11.7. The van der Waals surface area contributed by atoms with Crippen LogP contribution in [0.3, 0.4) is 0 Å². The number of hydrogen-bond acceptors (Lipinski definition) is 5. The molecular weight excluding hydrogens is 540 g/mol. The first-order valence-electron chi connectivity index (χ1n) is 14.6. The Balaban J connectivity index is 1.52. The van der Waals surface area contributed by atoms with Crippen LogP contribution in [-0.2, 0) is 16.6 Å². The van der Waals surface area contributed by atoms with Crippen LogP contribution in [0.15, 0.2) is 90.3 Å². The second kappa shape index (κ2) is 9.92. The zero-order valence-corrected chi connectivity index (χ0v) is 24.7. The number of anilines is 2. The van der Waals surface area contributed by atoms with Gasteiger partial charge in [-0.25, -0.2) is 0 Å². The van der Waals surface area contributed by atoms with E-state index in [4.69, 9.17) is 0 Å². The minimum absolute atomic E-state index is 0.135. The Bertz CT molecular complexity index is 1770. The van der Waals surface area contributed by atoms with E-state index in [1.165, 1.54) is 11.3 Å². The summed E-state index contributed by atoms with van der Waals surface area (Å²) in [5, 5.41) is 4.99. The maximum Gasteiger partial charge on any atom is 0.238 e. The Kier molecular flexibility index (Phi) is 6.28. The monoisotopic (exact) mass is 572 g/mol. The Morgan fingerprint density at radius 1 is 0.952 bits per heavy atom.